The number of nitrogen functional groups attached to an aromatic ring is 1. The van der Waals surface area contributed by atoms with Gasteiger partial charge in [0.15, 0.2) is 0 Å². The Hall–Kier alpha value is -3.04. The Kier molecular flexibility index (Phi) is 6.47. The number of halogens is 1. The molecule has 1 aliphatic rings. The maximum Gasteiger partial charge on any atom is 0.138 e. The van der Waals surface area contributed by atoms with Gasteiger partial charge in [0.1, 0.15) is 18.4 Å². The summed E-state index contributed by atoms with van der Waals surface area (Å²) in [4.78, 5) is 28.5. The predicted octanol–water partition coefficient (Wildman–Crippen LogP) is 2.95. The summed E-state index contributed by atoms with van der Waals surface area (Å²) in [5.74, 6) is 0.479. The molecule has 1 aliphatic heterocycles. The Bertz CT molecular complexity index is 1340. The van der Waals surface area contributed by atoms with Gasteiger partial charge in [-0.25, -0.2) is 9.97 Å². The number of H-pyrrole nitrogens is 1. The Morgan fingerprint density at radius 1 is 1.18 bits per heavy atom. The smallest absolute Gasteiger partial charge is 0.138 e. The molecule has 1 atom stereocenters. The topological polar surface area (TPSA) is 103 Å². The molecule has 0 aliphatic carbocycles. The summed E-state index contributed by atoms with van der Waals surface area (Å²) in [6, 6.07) is 11.8. The van der Waals surface area contributed by atoms with Gasteiger partial charge >= 0.3 is 0 Å². The Morgan fingerprint density at radius 2 is 2.06 bits per heavy atom. The van der Waals surface area contributed by atoms with Crippen LogP contribution in [0.3, 0.4) is 0 Å². The van der Waals surface area contributed by atoms with Gasteiger partial charge in [-0.2, -0.15) is 0 Å². The Labute approximate surface area is 203 Å². The molecule has 0 saturated carbocycles. The van der Waals surface area contributed by atoms with E-state index in [1.807, 2.05) is 43.4 Å². The van der Waals surface area contributed by atoms with Gasteiger partial charge in [0.2, 0.25) is 0 Å². The average molecular weight is 478 g/mol. The first-order chi connectivity index (χ1) is 16.6. The van der Waals surface area contributed by atoms with Crippen LogP contribution in [0, 0.1) is 0 Å². The summed E-state index contributed by atoms with van der Waals surface area (Å²) < 4.78 is 0. The number of aromatic nitrogens is 3. The molecule has 5 rings (SSSR count). The van der Waals surface area contributed by atoms with Crippen LogP contribution in [0.1, 0.15) is 16.8 Å². The quantitative estimate of drug-likeness (QED) is 0.351. The monoisotopic (exact) mass is 477 g/mol. The first-order valence-electron chi connectivity index (χ1n) is 11.4. The fourth-order valence-electron chi connectivity index (χ4n) is 4.85. The summed E-state index contributed by atoms with van der Waals surface area (Å²) >= 11 is 6.25. The molecule has 9 heteroatoms. The molecular formula is C25H28ClN7O. The van der Waals surface area contributed by atoms with Crippen LogP contribution in [0.4, 0.5) is 5.82 Å². The number of hydrogen-bond donors (Lipinski definition) is 3. The fourth-order valence-corrected chi connectivity index (χ4v) is 5.02. The van der Waals surface area contributed by atoms with Gasteiger partial charge in [0, 0.05) is 66.3 Å². The van der Waals surface area contributed by atoms with E-state index in [1.165, 1.54) is 11.9 Å². The van der Waals surface area contributed by atoms with Crippen LogP contribution in [-0.4, -0.2) is 63.8 Å². The molecule has 176 valence electrons. The molecule has 0 radical (unpaired) electrons. The van der Waals surface area contributed by atoms with Gasteiger partial charge in [-0.1, -0.05) is 17.7 Å². The number of benzene rings is 2. The van der Waals surface area contributed by atoms with E-state index < -0.39 is 0 Å². The highest BCUT2D eigenvalue weighted by atomic mass is 35.5. The van der Waals surface area contributed by atoms with Crippen LogP contribution in [0.5, 0.6) is 0 Å². The van der Waals surface area contributed by atoms with Crippen molar-refractivity contribution < 1.29 is 4.79 Å². The fraction of sp³-hybridized carbons (Fsp3) is 0.320. The normalized spacial score (nSPS) is 17.5. The number of fused-ring (bicyclic) bond motifs is 2. The standard InChI is InChI=1S/C25H28ClN7O/c1-28-10-21-20-9-17(26)3-5-22(20)31-24(21)13-32-6-7-33(18(12-32)14-34)11-16-2-4-19-23(8-16)29-15-30-25(19)27/h2-5,8-9,14-15,18,28,31H,6-7,10-13H2,1H3,(H2,27,29,30)/t18-/m0/s1. The SMILES string of the molecule is CNCc1c(CN2CCN(Cc3ccc4c(N)ncnc4c3)[C@H](C=O)C2)[nH]c2ccc(Cl)cc12. The minimum atomic E-state index is -0.175. The number of rotatable bonds is 7. The molecule has 2 aromatic heterocycles. The van der Waals surface area contributed by atoms with Crippen molar-refractivity contribution in [2.45, 2.75) is 25.7 Å². The van der Waals surface area contributed by atoms with Crippen LogP contribution >= 0.6 is 11.6 Å². The highest BCUT2D eigenvalue weighted by Crippen LogP contribution is 2.27. The zero-order chi connectivity index (χ0) is 23.7. The van der Waals surface area contributed by atoms with Crippen LogP contribution in [0.2, 0.25) is 5.02 Å². The predicted molar refractivity (Wildman–Crippen MR) is 136 cm³/mol. The van der Waals surface area contributed by atoms with E-state index in [-0.39, 0.29) is 6.04 Å². The molecule has 34 heavy (non-hydrogen) atoms. The molecular weight excluding hydrogens is 450 g/mol. The van der Waals surface area contributed by atoms with Gasteiger partial charge in [-0.3, -0.25) is 9.80 Å². The third kappa shape index (κ3) is 4.50. The van der Waals surface area contributed by atoms with Crippen molar-refractivity contribution in [2.75, 3.05) is 32.4 Å². The lowest BCUT2D eigenvalue weighted by molar-refractivity contribution is -0.115. The minimum Gasteiger partial charge on any atom is -0.383 e. The van der Waals surface area contributed by atoms with Crippen LogP contribution in [0.25, 0.3) is 21.8 Å². The molecule has 0 bridgehead atoms. The van der Waals surface area contributed by atoms with E-state index in [9.17, 15) is 4.79 Å². The number of carbonyl (C=O) groups excluding carboxylic acids is 1. The van der Waals surface area contributed by atoms with E-state index in [1.54, 1.807) is 0 Å². The molecule has 0 spiro atoms. The van der Waals surface area contributed by atoms with Gasteiger partial charge in [0.25, 0.3) is 0 Å². The van der Waals surface area contributed by atoms with Gasteiger partial charge in [-0.05, 0) is 48.5 Å². The number of piperazine rings is 1. The number of nitrogens with two attached hydrogens (primary N) is 1. The number of nitrogens with one attached hydrogen (secondary N) is 2. The number of carbonyl (C=O) groups is 1. The van der Waals surface area contributed by atoms with E-state index in [0.29, 0.717) is 18.9 Å². The molecule has 4 N–H and O–H groups in total. The number of anilines is 1. The highest BCUT2D eigenvalue weighted by molar-refractivity contribution is 6.31. The van der Waals surface area contributed by atoms with Gasteiger partial charge < -0.3 is 20.8 Å². The molecule has 0 unspecified atom stereocenters. The molecule has 3 heterocycles. The third-order valence-electron chi connectivity index (χ3n) is 6.58. The lowest BCUT2D eigenvalue weighted by Crippen LogP contribution is -2.53. The van der Waals surface area contributed by atoms with E-state index in [2.05, 4.69) is 30.1 Å². The summed E-state index contributed by atoms with van der Waals surface area (Å²) in [5, 5.41) is 5.99. The molecule has 4 aromatic rings. The van der Waals surface area contributed by atoms with E-state index in [0.717, 1.165) is 70.6 Å². The van der Waals surface area contributed by atoms with Crippen molar-refractivity contribution in [1.29, 1.82) is 0 Å². The second kappa shape index (κ2) is 9.68. The zero-order valence-electron chi connectivity index (χ0n) is 19.1. The average Bonchev–Trinajstić information content (AvgIpc) is 3.16. The largest absolute Gasteiger partial charge is 0.383 e. The zero-order valence-corrected chi connectivity index (χ0v) is 19.8. The van der Waals surface area contributed by atoms with Gasteiger partial charge in [0.05, 0.1) is 11.6 Å². The lowest BCUT2D eigenvalue weighted by Gasteiger charge is -2.39. The Balaban J connectivity index is 1.31. The number of nitrogens with zero attached hydrogens (tertiary/aromatic N) is 4. The molecule has 8 nitrogen and oxygen atoms in total. The second-order valence-electron chi connectivity index (χ2n) is 8.82. The number of hydrogen-bond acceptors (Lipinski definition) is 7. The van der Waals surface area contributed by atoms with Crippen molar-refractivity contribution in [1.82, 2.24) is 30.1 Å². The van der Waals surface area contributed by atoms with Crippen molar-refractivity contribution in [3.8, 4) is 0 Å². The summed E-state index contributed by atoms with van der Waals surface area (Å²) in [6.07, 6.45) is 2.54. The van der Waals surface area contributed by atoms with Crippen molar-refractivity contribution in [2.24, 2.45) is 0 Å². The molecule has 0 amide bonds. The maximum absolute atomic E-state index is 12.0. The van der Waals surface area contributed by atoms with Crippen LogP contribution in [-0.2, 0) is 24.4 Å². The highest BCUT2D eigenvalue weighted by Gasteiger charge is 2.28. The van der Waals surface area contributed by atoms with Crippen LogP contribution in [0.15, 0.2) is 42.7 Å². The molecule has 2 aromatic carbocycles. The van der Waals surface area contributed by atoms with E-state index in [4.69, 9.17) is 17.3 Å². The minimum absolute atomic E-state index is 0.175. The van der Waals surface area contributed by atoms with Crippen molar-refractivity contribution in [3.05, 3.63) is 64.6 Å². The number of aldehydes is 1. The van der Waals surface area contributed by atoms with Crippen molar-refractivity contribution in [3.63, 3.8) is 0 Å². The second-order valence-corrected chi connectivity index (χ2v) is 9.26. The van der Waals surface area contributed by atoms with Gasteiger partial charge in [-0.15, -0.1) is 0 Å². The molecule has 1 saturated heterocycles. The third-order valence-corrected chi connectivity index (χ3v) is 6.82. The maximum atomic E-state index is 12.0. The van der Waals surface area contributed by atoms with Crippen LogP contribution < -0.4 is 11.1 Å². The first-order valence-corrected chi connectivity index (χ1v) is 11.8. The summed E-state index contributed by atoms with van der Waals surface area (Å²) in [5.41, 5.74) is 11.3. The Morgan fingerprint density at radius 3 is 2.88 bits per heavy atom. The summed E-state index contributed by atoms with van der Waals surface area (Å²) in [7, 11) is 1.95. The van der Waals surface area contributed by atoms with Crippen molar-refractivity contribution >= 4 is 45.5 Å². The summed E-state index contributed by atoms with van der Waals surface area (Å²) in [6.45, 7) is 4.56. The number of aromatic amines is 1. The lowest BCUT2D eigenvalue weighted by atomic mass is 10.1. The van der Waals surface area contributed by atoms with E-state index >= 15 is 0 Å². The molecule has 1 fully saturated rings. The first kappa shape index (κ1) is 22.7.